The number of carboxylic acid groups (broad SMARTS) is 1. The summed E-state index contributed by atoms with van der Waals surface area (Å²) < 4.78 is 46.1. The van der Waals surface area contributed by atoms with Gasteiger partial charge in [-0.25, -0.2) is 4.68 Å². The van der Waals surface area contributed by atoms with Crippen LogP contribution in [0.1, 0.15) is 34.6 Å². The average Bonchev–Trinajstić information content (AvgIpc) is 2.90. The fourth-order valence-electron chi connectivity index (χ4n) is 2.77. The largest absolute Gasteiger partial charge is 0.543 e. The van der Waals surface area contributed by atoms with E-state index in [1.165, 1.54) is 7.11 Å². The van der Waals surface area contributed by atoms with Crippen LogP contribution in [0.4, 0.5) is 19.0 Å². The maximum Gasteiger partial charge on any atom is 0.410 e. The molecule has 1 aromatic heterocycles. The van der Waals surface area contributed by atoms with Crippen molar-refractivity contribution < 1.29 is 27.8 Å². The lowest BCUT2D eigenvalue weighted by atomic mass is 9.97. The van der Waals surface area contributed by atoms with Crippen molar-refractivity contribution in [3.63, 3.8) is 0 Å². The maximum atomic E-state index is 13.5. The molecule has 2 aromatic rings. The number of nitrogens with one attached hydrogen (secondary N) is 1. The second kappa shape index (κ2) is 6.25. The molecule has 0 bridgehead atoms. The van der Waals surface area contributed by atoms with Crippen LogP contribution in [0.25, 0.3) is 0 Å². The van der Waals surface area contributed by atoms with E-state index in [4.69, 9.17) is 4.74 Å². The number of aromatic carboxylic acids is 1. The minimum absolute atomic E-state index is 0.0476. The lowest BCUT2D eigenvalue weighted by molar-refractivity contribution is -0.255. The van der Waals surface area contributed by atoms with Crippen molar-refractivity contribution in [2.24, 2.45) is 0 Å². The molecule has 3 rings (SSSR count). The molecule has 0 spiro atoms. The smallest absolute Gasteiger partial charge is 0.410 e. The predicted molar refractivity (Wildman–Crippen MR) is 83.3 cm³/mol. The quantitative estimate of drug-likeness (QED) is 0.828. The highest BCUT2D eigenvalue weighted by atomic mass is 79.9. The summed E-state index contributed by atoms with van der Waals surface area (Å²) in [4.78, 5) is 11.1. The molecule has 1 aromatic carbocycles. The number of halogens is 4. The normalized spacial score (nSPS) is 19.9. The van der Waals surface area contributed by atoms with Gasteiger partial charge in [-0.15, -0.1) is 0 Å². The highest BCUT2D eigenvalue weighted by Gasteiger charge is 2.47. The van der Waals surface area contributed by atoms with Crippen molar-refractivity contribution >= 4 is 27.7 Å². The first-order chi connectivity index (χ1) is 11.7. The molecule has 1 aliphatic heterocycles. The lowest BCUT2D eigenvalue weighted by Gasteiger charge is -2.33. The number of aromatic nitrogens is 2. The number of benzene rings is 1. The lowest BCUT2D eigenvalue weighted by Crippen LogP contribution is -2.36. The number of methoxy groups -OCH3 is 1. The van der Waals surface area contributed by atoms with Gasteiger partial charge in [-0.3, -0.25) is 0 Å². The zero-order valence-electron chi connectivity index (χ0n) is 12.8. The topological polar surface area (TPSA) is 79.2 Å². The average molecular weight is 419 g/mol. The summed E-state index contributed by atoms with van der Waals surface area (Å²) in [6.45, 7) is 0. The Morgan fingerprint density at radius 3 is 2.56 bits per heavy atom. The molecule has 1 aliphatic rings. The Kier molecular flexibility index (Phi) is 4.40. The van der Waals surface area contributed by atoms with Gasteiger partial charge in [-0.05, 0) is 33.6 Å². The molecule has 2 atom stereocenters. The second-order valence-corrected chi connectivity index (χ2v) is 6.30. The SMILES string of the molecule is COc1ccc([C@@H]2C[C@@H](C(F)(F)F)n3nc(C(=O)[O-])c(Br)c3N2)cc1. The van der Waals surface area contributed by atoms with Gasteiger partial charge in [-0.2, -0.15) is 18.3 Å². The molecule has 134 valence electrons. The van der Waals surface area contributed by atoms with Crippen LogP contribution >= 0.6 is 15.9 Å². The number of carboxylic acids is 1. The third kappa shape index (κ3) is 3.17. The van der Waals surface area contributed by atoms with Crippen molar-refractivity contribution in [2.75, 3.05) is 12.4 Å². The Hall–Kier alpha value is -2.23. The highest BCUT2D eigenvalue weighted by Crippen LogP contribution is 2.46. The fourth-order valence-corrected chi connectivity index (χ4v) is 3.31. The number of anilines is 1. The van der Waals surface area contributed by atoms with Crippen molar-refractivity contribution in [3.05, 3.63) is 40.0 Å². The molecule has 0 unspecified atom stereocenters. The number of hydrogen-bond donors (Lipinski definition) is 1. The number of nitrogens with zero attached hydrogens (tertiary/aromatic N) is 2. The van der Waals surface area contributed by atoms with Crippen LogP contribution in [0.2, 0.25) is 0 Å². The van der Waals surface area contributed by atoms with Gasteiger partial charge in [0.05, 0.1) is 23.6 Å². The van der Waals surface area contributed by atoms with E-state index < -0.39 is 29.9 Å². The van der Waals surface area contributed by atoms with Gasteiger partial charge in [0.2, 0.25) is 0 Å². The second-order valence-electron chi connectivity index (χ2n) is 5.51. The summed E-state index contributed by atoms with van der Waals surface area (Å²) in [5, 5.41) is 17.6. The standard InChI is InChI=1S/C15H13BrF3N3O3/c1-25-8-4-2-7(3-5-8)9-6-10(15(17,18)19)22-13(20-9)11(16)12(21-22)14(23)24/h2-5,9-10,20H,6H2,1H3,(H,23,24)/p-1/t9-,10-/m0/s1. The van der Waals surface area contributed by atoms with Crippen LogP contribution in [-0.4, -0.2) is 29.0 Å². The van der Waals surface area contributed by atoms with E-state index in [0.29, 0.717) is 16.0 Å². The third-order valence-electron chi connectivity index (χ3n) is 4.01. The van der Waals surface area contributed by atoms with Gasteiger partial charge < -0.3 is 20.0 Å². The number of alkyl halides is 3. The first kappa shape index (κ1) is 17.6. The summed E-state index contributed by atoms with van der Waals surface area (Å²) in [5.41, 5.74) is 0.0385. The molecule has 25 heavy (non-hydrogen) atoms. The van der Waals surface area contributed by atoms with Gasteiger partial charge in [0, 0.05) is 6.42 Å². The fraction of sp³-hybridized carbons (Fsp3) is 0.333. The molecular weight excluding hydrogens is 407 g/mol. The molecule has 0 fully saturated rings. The number of carbonyl (C=O) groups is 1. The number of ether oxygens (including phenoxy) is 1. The van der Waals surface area contributed by atoms with Crippen molar-refractivity contribution in [1.82, 2.24) is 9.78 Å². The maximum absolute atomic E-state index is 13.5. The number of carbonyl (C=O) groups excluding carboxylic acids is 1. The summed E-state index contributed by atoms with van der Waals surface area (Å²) in [5.74, 6) is -1.12. The molecule has 0 saturated carbocycles. The van der Waals surface area contributed by atoms with E-state index in [2.05, 4.69) is 26.3 Å². The number of hydrogen-bond acceptors (Lipinski definition) is 5. The van der Waals surface area contributed by atoms with Crippen LogP contribution < -0.4 is 15.2 Å². The highest BCUT2D eigenvalue weighted by molar-refractivity contribution is 9.10. The molecule has 10 heteroatoms. The van der Waals surface area contributed by atoms with Gasteiger partial charge in [0.1, 0.15) is 17.3 Å². The van der Waals surface area contributed by atoms with Crippen LogP contribution in [-0.2, 0) is 0 Å². The van der Waals surface area contributed by atoms with E-state index in [-0.39, 0.29) is 16.7 Å². The summed E-state index contributed by atoms with van der Waals surface area (Å²) >= 11 is 3.00. The Morgan fingerprint density at radius 2 is 2.04 bits per heavy atom. The minimum atomic E-state index is -4.59. The van der Waals surface area contributed by atoms with Crippen LogP contribution in [0.3, 0.4) is 0 Å². The van der Waals surface area contributed by atoms with Crippen molar-refractivity contribution in [2.45, 2.75) is 24.7 Å². The Morgan fingerprint density at radius 1 is 1.40 bits per heavy atom. The minimum Gasteiger partial charge on any atom is -0.543 e. The molecule has 0 aliphatic carbocycles. The molecule has 0 saturated heterocycles. The molecule has 2 heterocycles. The zero-order valence-corrected chi connectivity index (χ0v) is 14.4. The van der Waals surface area contributed by atoms with E-state index in [0.717, 1.165) is 0 Å². The van der Waals surface area contributed by atoms with Crippen LogP contribution in [0.5, 0.6) is 5.75 Å². The molecule has 0 amide bonds. The monoisotopic (exact) mass is 418 g/mol. The first-order valence-corrected chi connectivity index (χ1v) is 7.98. The predicted octanol–water partition coefficient (Wildman–Crippen LogP) is 2.68. The number of fused-ring (bicyclic) bond motifs is 1. The molecule has 6 nitrogen and oxygen atoms in total. The third-order valence-corrected chi connectivity index (χ3v) is 4.76. The summed E-state index contributed by atoms with van der Waals surface area (Å²) in [6.07, 6.45) is -4.92. The van der Waals surface area contributed by atoms with Crippen LogP contribution in [0.15, 0.2) is 28.7 Å². The first-order valence-electron chi connectivity index (χ1n) is 7.19. The molecule has 1 N–H and O–H groups in total. The van der Waals surface area contributed by atoms with E-state index >= 15 is 0 Å². The Labute approximate surface area is 148 Å². The number of rotatable bonds is 3. The van der Waals surface area contributed by atoms with Gasteiger partial charge in [0.15, 0.2) is 6.04 Å². The van der Waals surface area contributed by atoms with Gasteiger partial charge in [0.25, 0.3) is 0 Å². The molecule has 0 radical (unpaired) electrons. The van der Waals surface area contributed by atoms with Crippen molar-refractivity contribution in [1.29, 1.82) is 0 Å². The zero-order chi connectivity index (χ0) is 18.4. The van der Waals surface area contributed by atoms with Gasteiger partial charge in [-0.1, -0.05) is 12.1 Å². The Balaban J connectivity index is 2.04. The van der Waals surface area contributed by atoms with Crippen molar-refractivity contribution in [3.8, 4) is 5.75 Å². The molecular formula is C15H12BrF3N3O3-. The van der Waals surface area contributed by atoms with Crippen LogP contribution in [0, 0.1) is 0 Å². The van der Waals surface area contributed by atoms with Gasteiger partial charge >= 0.3 is 6.18 Å². The Bertz CT molecular complexity index is 805. The van der Waals surface area contributed by atoms with E-state index in [1.807, 2.05) is 0 Å². The summed E-state index contributed by atoms with van der Waals surface area (Å²) in [7, 11) is 1.49. The summed E-state index contributed by atoms with van der Waals surface area (Å²) in [6, 6.07) is 3.97. The van der Waals surface area contributed by atoms with E-state index in [9.17, 15) is 23.1 Å². The van der Waals surface area contributed by atoms with E-state index in [1.54, 1.807) is 24.3 Å².